The van der Waals surface area contributed by atoms with Gasteiger partial charge in [-0.25, -0.2) is 4.98 Å². The second kappa shape index (κ2) is 19.1. The van der Waals surface area contributed by atoms with E-state index in [-0.39, 0.29) is 35.4 Å². The molecule has 1 aliphatic rings. The molecule has 0 fully saturated rings. The highest BCUT2D eigenvalue weighted by Gasteiger charge is 2.26. The van der Waals surface area contributed by atoms with Crippen molar-refractivity contribution >= 4 is 51.6 Å². The van der Waals surface area contributed by atoms with Crippen LogP contribution in [0.25, 0.3) is 10.9 Å². The van der Waals surface area contributed by atoms with E-state index in [0.717, 1.165) is 34.3 Å². The van der Waals surface area contributed by atoms with Gasteiger partial charge in [-0.3, -0.25) is 14.6 Å². The van der Waals surface area contributed by atoms with Gasteiger partial charge in [0.15, 0.2) is 0 Å². The Morgan fingerprint density at radius 3 is 2.50 bits per heavy atom. The van der Waals surface area contributed by atoms with Crippen molar-refractivity contribution < 1.29 is 19.1 Å². The molecule has 2 heterocycles. The third-order valence-corrected chi connectivity index (χ3v) is 10.6. The van der Waals surface area contributed by atoms with Crippen molar-refractivity contribution in [3.05, 3.63) is 147 Å². The molecular formula is C46H50Cl2N4O4. The number of aryl methyl sites for hydroxylation is 1. The van der Waals surface area contributed by atoms with E-state index in [2.05, 4.69) is 50.1 Å². The molecule has 1 aliphatic carbocycles. The molecule has 1 N–H and O–H groups in total. The lowest BCUT2D eigenvalue weighted by molar-refractivity contribution is -0.122. The van der Waals surface area contributed by atoms with Crippen LogP contribution in [0.2, 0.25) is 10.0 Å². The van der Waals surface area contributed by atoms with Crippen molar-refractivity contribution in [2.45, 2.75) is 74.0 Å². The van der Waals surface area contributed by atoms with Crippen LogP contribution in [0, 0.1) is 12.3 Å². The maximum absolute atomic E-state index is 13.2. The summed E-state index contributed by atoms with van der Waals surface area (Å²) < 4.78 is 12.4. The average molecular weight is 794 g/mol. The van der Waals surface area contributed by atoms with Gasteiger partial charge < -0.3 is 19.7 Å². The largest absolute Gasteiger partial charge is 0.487 e. The number of rotatable bonds is 14. The fourth-order valence-corrected chi connectivity index (χ4v) is 7.27. The molecule has 0 radical (unpaired) electrons. The zero-order chi connectivity index (χ0) is 40.4. The number of nitrogens with zero attached hydrogens (tertiary/aromatic N) is 3. The lowest BCUT2D eigenvalue weighted by atomic mass is 9.72. The average Bonchev–Trinajstić information content (AvgIpc) is 3.15. The highest BCUT2D eigenvalue weighted by atomic mass is 35.5. The van der Waals surface area contributed by atoms with E-state index in [1.807, 2.05) is 74.5 Å². The van der Waals surface area contributed by atoms with Gasteiger partial charge in [0.25, 0.3) is 0 Å². The minimum absolute atomic E-state index is 0.0155. The van der Waals surface area contributed by atoms with Gasteiger partial charge in [-0.2, -0.15) is 0 Å². The van der Waals surface area contributed by atoms with Gasteiger partial charge in [0, 0.05) is 47.1 Å². The molecule has 8 nitrogen and oxygen atoms in total. The number of amides is 2. The van der Waals surface area contributed by atoms with Crippen LogP contribution < -0.4 is 19.7 Å². The molecule has 0 aliphatic heterocycles. The summed E-state index contributed by atoms with van der Waals surface area (Å²) in [4.78, 5) is 36.4. The quantitative estimate of drug-likeness (QED) is 0.101. The van der Waals surface area contributed by atoms with Crippen molar-refractivity contribution in [2.75, 3.05) is 18.5 Å². The smallest absolute Gasteiger partial charge is 0.246 e. The molecule has 292 valence electrons. The summed E-state index contributed by atoms with van der Waals surface area (Å²) in [6.45, 7) is 12.7. The molecule has 0 bridgehead atoms. The van der Waals surface area contributed by atoms with E-state index in [9.17, 15) is 9.59 Å². The fourth-order valence-electron chi connectivity index (χ4n) is 6.66. The SMILES string of the molecule is CC1=C(/C=C/C(C)=C/C=C/C(C)=C/C(=O)NCC(=O)N(C)c2ccc(Cl)c(COc3cccc4c(OCc5ccccn5)cc(C)nc34)c2Cl)C(C)(C)CCC1. The molecule has 2 aromatic heterocycles. The number of anilines is 1. The monoisotopic (exact) mass is 792 g/mol. The van der Waals surface area contributed by atoms with Gasteiger partial charge in [-0.05, 0) is 99.9 Å². The standard InChI is InChI=1S/C46H50Cl2N4O4/c1-30(19-20-37-32(3)15-12-23-46(37,5)6)13-10-14-31(2)25-42(53)50-27-43(54)52(7)39-22-21-38(47)36(44(39)48)29-56-40-18-11-17-35-41(26-33(4)51-45(35)40)55-28-34-16-8-9-24-49-34/h8-11,13-14,16-22,24-26H,12,15,23,27-29H2,1-7H3,(H,50,53)/b14-10+,20-19+,30-13+,31-25+. The van der Waals surface area contributed by atoms with Crippen LogP contribution in [0.15, 0.2) is 120 Å². The van der Waals surface area contributed by atoms with Crippen LogP contribution in [-0.2, 0) is 22.8 Å². The Bertz CT molecular complexity index is 2240. The molecule has 0 saturated carbocycles. The van der Waals surface area contributed by atoms with E-state index < -0.39 is 0 Å². The van der Waals surface area contributed by atoms with Crippen LogP contribution in [0.3, 0.4) is 0 Å². The lowest BCUT2D eigenvalue weighted by Crippen LogP contribution is -2.37. The molecule has 0 atom stereocenters. The number of halogens is 2. The molecule has 2 aromatic carbocycles. The number of para-hydroxylation sites is 1. The molecule has 4 aromatic rings. The summed E-state index contributed by atoms with van der Waals surface area (Å²) in [5.74, 6) is 0.442. The van der Waals surface area contributed by atoms with Crippen LogP contribution >= 0.6 is 23.2 Å². The number of aromatic nitrogens is 2. The van der Waals surface area contributed by atoms with E-state index in [1.54, 1.807) is 25.4 Å². The Morgan fingerprint density at radius 1 is 0.964 bits per heavy atom. The molecule has 2 amide bonds. The minimum Gasteiger partial charge on any atom is -0.487 e. The van der Waals surface area contributed by atoms with Crippen molar-refractivity contribution in [3.8, 4) is 11.5 Å². The summed E-state index contributed by atoms with van der Waals surface area (Å²) in [5, 5.41) is 4.11. The van der Waals surface area contributed by atoms with Gasteiger partial charge in [0.1, 0.15) is 30.2 Å². The van der Waals surface area contributed by atoms with E-state index in [1.165, 1.54) is 35.0 Å². The number of likely N-dealkylation sites (N-methyl/N-ethyl adjacent to an activating group) is 1. The third-order valence-electron chi connectivity index (χ3n) is 9.81. The molecule has 10 heteroatoms. The fraction of sp³-hybridized carbons (Fsp3) is 0.304. The second-order valence-corrected chi connectivity index (χ2v) is 15.6. The summed E-state index contributed by atoms with van der Waals surface area (Å²) in [6, 6.07) is 16.5. The maximum Gasteiger partial charge on any atom is 0.246 e. The summed E-state index contributed by atoms with van der Waals surface area (Å²) in [7, 11) is 1.60. The predicted octanol–water partition coefficient (Wildman–Crippen LogP) is 11.0. The van der Waals surface area contributed by atoms with Crippen molar-refractivity contribution in [1.29, 1.82) is 0 Å². The Morgan fingerprint density at radius 2 is 1.75 bits per heavy atom. The minimum atomic E-state index is -0.378. The van der Waals surface area contributed by atoms with Gasteiger partial charge in [0.05, 0.1) is 22.9 Å². The van der Waals surface area contributed by atoms with Gasteiger partial charge in [0.2, 0.25) is 11.8 Å². The first-order valence-electron chi connectivity index (χ1n) is 18.7. The van der Waals surface area contributed by atoms with E-state index >= 15 is 0 Å². The number of pyridine rings is 2. The van der Waals surface area contributed by atoms with Crippen LogP contribution in [0.5, 0.6) is 11.5 Å². The Labute approximate surface area is 340 Å². The van der Waals surface area contributed by atoms with Gasteiger partial charge >= 0.3 is 0 Å². The molecule has 5 rings (SSSR count). The van der Waals surface area contributed by atoms with E-state index in [0.29, 0.717) is 39.9 Å². The zero-order valence-corrected chi connectivity index (χ0v) is 34.7. The number of nitrogens with one attached hydrogen (secondary N) is 1. The van der Waals surface area contributed by atoms with Crippen molar-refractivity contribution in [3.63, 3.8) is 0 Å². The predicted molar refractivity (Wildman–Crippen MR) is 228 cm³/mol. The Balaban J connectivity index is 1.19. The van der Waals surface area contributed by atoms with Crippen LogP contribution in [-0.4, -0.2) is 35.4 Å². The summed E-state index contributed by atoms with van der Waals surface area (Å²) >= 11 is 13.5. The van der Waals surface area contributed by atoms with Crippen molar-refractivity contribution in [2.24, 2.45) is 5.41 Å². The second-order valence-electron chi connectivity index (χ2n) is 14.8. The molecule has 0 unspecified atom stereocenters. The summed E-state index contributed by atoms with van der Waals surface area (Å²) in [5.41, 5.74) is 8.06. The number of fused-ring (bicyclic) bond motifs is 1. The molecule has 56 heavy (non-hydrogen) atoms. The summed E-state index contributed by atoms with van der Waals surface area (Å²) in [6.07, 6.45) is 17.0. The van der Waals surface area contributed by atoms with Gasteiger partial charge in [-0.1, -0.05) is 90.7 Å². The first kappa shape index (κ1) is 42.0. The Kier molecular flexibility index (Phi) is 14.3. The first-order valence-corrected chi connectivity index (χ1v) is 19.5. The van der Waals surface area contributed by atoms with Crippen LogP contribution in [0.1, 0.15) is 70.8 Å². The number of benzene rings is 2. The zero-order valence-electron chi connectivity index (χ0n) is 33.2. The number of ether oxygens (including phenoxy) is 2. The number of allylic oxidation sites excluding steroid dienone is 9. The highest BCUT2D eigenvalue weighted by Crippen LogP contribution is 2.41. The normalized spacial score (nSPS) is 14.8. The topological polar surface area (TPSA) is 93.7 Å². The third kappa shape index (κ3) is 11.0. The molecule has 0 saturated heterocycles. The maximum atomic E-state index is 13.2. The number of carbonyl (C=O) groups is 2. The molecule has 0 spiro atoms. The Hall–Kier alpha value is -5.18. The molecular weight excluding hydrogens is 743 g/mol. The van der Waals surface area contributed by atoms with Crippen molar-refractivity contribution in [1.82, 2.24) is 15.3 Å². The number of hydrogen-bond acceptors (Lipinski definition) is 6. The number of carbonyl (C=O) groups excluding carboxylic acids is 2. The lowest BCUT2D eigenvalue weighted by Gasteiger charge is -2.32. The number of hydrogen-bond donors (Lipinski definition) is 1. The first-order chi connectivity index (χ1) is 26.7. The highest BCUT2D eigenvalue weighted by molar-refractivity contribution is 6.38. The van der Waals surface area contributed by atoms with Gasteiger partial charge in [-0.15, -0.1) is 0 Å². The van der Waals surface area contributed by atoms with E-state index in [4.69, 9.17) is 37.7 Å². The van der Waals surface area contributed by atoms with Crippen LogP contribution in [0.4, 0.5) is 5.69 Å².